The molecule has 5 heteroatoms. The molecule has 0 aromatic carbocycles. The second kappa shape index (κ2) is 4.29. The van der Waals surface area contributed by atoms with E-state index in [0.717, 1.165) is 11.7 Å². The average molecular weight is 202 g/mol. The molecule has 0 amide bonds. The van der Waals surface area contributed by atoms with Crippen molar-refractivity contribution in [1.29, 1.82) is 0 Å². The highest BCUT2D eigenvalue weighted by molar-refractivity contribution is 6.99. The maximum absolute atomic E-state index is 5.71. The molecule has 1 heterocycles. The van der Waals surface area contributed by atoms with Gasteiger partial charge in [0.2, 0.25) is 0 Å². The van der Waals surface area contributed by atoms with Crippen LogP contribution in [0.3, 0.4) is 0 Å². The van der Waals surface area contributed by atoms with Crippen LogP contribution >= 0.6 is 23.3 Å². The van der Waals surface area contributed by atoms with Crippen LogP contribution in [-0.2, 0) is 0 Å². The van der Waals surface area contributed by atoms with E-state index in [2.05, 4.69) is 20.0 Å². The number of anilines is 1. The Hall–Kier alpha value is -0.790. The predicted octanol–water partition coefficient (Wildman–Crippen LogP) is 2.02. The summed E-state index contributed by atoms with van der Waals surface area (Å²) in [6.45, 7) is 1.97. The monoisotopic (exact) mass is 201 g/mol. The Morgan fingerprint density at radius 1 is 1.75 bits per heavy atom. The summed E-state index contributed by atoms with van der Waals surface area (Å²) in [4.78, 5) is 0. The van der Waals surface area contributed by atoms with Crippen LogP contribution in [0.25, 0.3) is 0 Å². The van der Waals surface area contributed by atoms with Gasteiger partial charge >= 0.3 is 0 Å². The molecule has 1 atom stereocenters. The zero-order valence-electron chi connectivity index (χ0n) is 6.54. The summed E-state index contributed by atoms with van der Waals surface area (Å²) in [5.41, 5.74) is 0. The molecule has 0 radical (unpaired) electrons. The lowest BCUT2D eigenvalue weighted by atomic mass is 10.2. The summed E-state index contributed by atoms with van der Waals surface area (Å²) in [5, 5.41) is 3.46. The van der Waals surface area contributed by atoms with E-state index in [9.17, 15) is 0 Å². The molecule has 0 saturated heterocycles. The molecule has 0 aliphatic rings. The Labute approximate surface area is 80.5 Å². The second-order valence-corrected chi connectivity index (χ2v) is 3.24. The zero-order valence-corrected chi connectivity index (χ0v) is 8.11. The summed E-state index contributed by atoms with van der Waals surface area (Å²) in [6.07, 6.45) is 5.79. The molecule has 1 aromatic heterocycles. The van der Waals surface area contributed by atoms with E-state index in [4.69, 9.17) is 18.0 Å². The molecule has 1 rings (SSSR count). The van der Waals surface area contributed by atoms with Gasteiger partial charge in [0.15, 0.2) is 11.0 Å². The Balaban J connectivity index is 2.53. The van der Waals surface area contributed by atoms with Crippen LogP contribution in [0.15, 0.2) is 0 Å². The Bertz CT molecular complexity index is 291. The van der Waals surface area contributed by atoms with Crippen molar-refractivity contribution >= 4 is 29.1 Å². The lowest BCUT2D eigenvalue weighted by molar-refractivity contribution is 0.824. The highest BCUT2D eigenvalue weighted by atomic mass is 35.5. The van der Waals surface area contributed by atoms with Crippen molar-refractivity contribution in [1.82, 2.24) is 8.75 Å². The molecule has 0 aliphatic carbocycles. The maximum Gasteiger partial charge on any atom is 0.186 e. The fourth-order valence-corrected chi connectivity index (χ4v) is 1.38. The van der Waals surface area contributed by atoms with E-state index in [1.165, 1.54) is 0 Å². The third-order valence-electron chi connectivity index (χ3n) is 1.26. The average Bonchev–Trinajstić information content (AvgIpc) is 2.37. The predicted molar refractivity (Wildman–Crippen MR) is 51.5 cm³/mol. The first-order chi connectivity index (χ1) is 5.74. The number of nitrogens with one attached hydrogen (secondary N) is 1. The van der Waals surface area contributed by atoms with Gasteiger partial charge in [-0.25, -0.2) is 0 Å². The number of hydrogen-bond donors (Lipinski definition) is 1. The highest BCUT2D eigenvalue weighted by Gasteiger charge is 2.07. The van der Waals surface area contributed by atoms with Crippen molar-refractivity contribution in [3.8, 4) is 12.3 Å². The van der Waals surface area contributed by atoms with Crippen LogP contribution in [0.1, 0.15) is 13.3 Å². The largest absolute Gasteiger partial charge is 0.363 e. The standard InChI is InChI=1S/C7H8ClN3S/c1-3-4-5(2)9-7-6(8)10-12-11-7/h1,5H,4H2,2H3,(H,9,11). The van der Waals surface area contributed by atoms with E-state index < -0.39 is 0 Å². The summed E-state index contributed by atoms with van der Waals surface area (Å²) < 4.78 is 7.77. The van der Waals surface area contributed by atoms with Crippen LogP contribution in [0.4, 0.5) is 5.82 Å². The summed E-state index contributed by atoms with van der Waals surface area (Å²) in [6, 6.07) is 0.177. The molecule has 1 aromatic rings. The van der Waals surface area contributed by atoms with Crippen molar-refractivity contribution in [2.75, 3.05) is 5.32 Å². The van der Waals surface area contributed by atoms with Crippen LogP contribution in [-0.4, -0.2) is 14.8 Å². The van der Waals surface area contributed by atoms with Gasteiger partial charge in [-0.1, -0.05) is 11.6 Å². The van der Waals surface area contributed by atoms with E-state index >= 15 is 0 Å². The normalized spacial score (nSPS) is 12.1. The van der Waals surface area contributed by atoms with Gasteiger partial charge in [0, 0.05) is 12.5 Å². The van der Waals surface area contributed by atoms with Gasteiger partial charge in [-0.15, -0.1) is 12.3 Å². The van der Waals surface area contributed by atoms with Crippen molar-refractivity contribution in [3.05, 3.63) is 5.15 Å². The van der Waals surface area contributed by atoms with Crippen molar-refractivity contribution in [2.24, 2.45) is 0 Å². The lowest BCUT2D eigenvalue weighted by Gasteiger charge is -2.08. The van der Waals surface area contributed by atoms with Gasteiger partial charge in [0.1, 0.15) is 0 Å². The van der Waals surface area contributed by atoms with E-state index in [1.54, 1.807) is 0 Å². The first-order valence-electron chi connectivity index (χ1n) is 3.42. The van der Waals surface area contributed by atoms with Gasteiger partial charge in [0.05, 0.1) is 11.7 Å². The number of hydrogen-bond acceptors (Lipinski definition) is 4. The SMILES string of the molecule is C#CCC(C)Nc1nsnc1Cl. The number of nitrogens with zero attached hydrogens (tertiary/aromatic N) is 2. The first-order valence-corrected chi connectivity index (χ1v) is 4.53. The molecule has 3 nitrogen and oxygen atoms in total. The number of halogens is 1. The second-order valence-electron chi connectivity index (χ2n) is 2.36. The molecule has 0 spiro atoms. The topological polar surface area (TPSA) is 37.8 Å². The smallest absolute Gasteiger partial charge is 0.186 e. The van der Waals surface area contributed by atoms with Crippen LogP contribution in [0.2, 0.25) is 5.15 Å². The fraction of sp³-hybridized carbons (Fsp3) is 0.429. The van der Waals surface area contributed by atoms with Crippen LogP contribution < -0.4 is 5.32 Å². The Morgan fingerprint density at radius 2 is 2.50 bits per heavy atom. The third-order valence-corrected chi connectivity index (χ3v) is 2.15. The summed E-state index contributed by atoms with van der Waals surface area (Å²) in [5.74, 6) is 3.16. The summed E-state index contributed by atoms with van der Waals surface area (Å²) >= 11 is 6.79. The lowest BCUT2D eigenvalue weighted by Crippen LogP contribution is -2.14. The van der Waals surface area contributed by atoms with Crippen molar-refractivity contribution < 1.29 is 0 Å². The van der Waals surface area contributed by atoms with Gasteiger partial charge < -0.3 is 5.32 Å². The Morgan fingerprint density at radius 3 is 3.00 bits per heavy atom. The van der Waals surface area contributed by atoms with Gasteiger partial charge in [-0.3, -0.25) is 0 Å². The Kier molecular flexibility index (Phi) is 3.32. The minimum absolute atomic E-state index is 0.177. The molecular weight excluding hydrogens is 194 g/mol. The molecule has 0 fully saturated rings. The van der Waals surface area contributed by atoms with Crippen molar-refractivity contribution in [2.45, 2.75) is 19.4 Å². The quantitative estimate of drug-likeness (QED) is 0.761. The molecule has 0 saturated carbocycles. The molecule has 1 N–H and O–H groups in total. The highest BCUT2D eigenvalue weighted by Crippen LogP contribution is 2.18. The molecule has 64 valence electrons. The first kappa shape index (κ1) is 9.30. The van der Waals surface area contributed by atoms with Crippen LogP contribution in [0, 0.1) is 12.3 Å². The maximum atomic E-state index is 5.71. The van der Waals surface area contributed by atoms with E-state index in [0.29, 0.717) is 17.4 Å². The molecule has 0 bridgehead atoms. The molecule has 0 aliphatic heterocycles. The fourth-order valence-electron chi connectivity index (χ4n) is 0.725. The van der Waals surface area contributed by atoms with E-state index in [1.807, 2.05) is 6.92 Å². The van der Waals surface area contributed by atoms with Gasteiger partial charge in [-0.05, 0) is 6.92 Å². The molecule has 1 unspecified atom stereocenters. The minimum Gasteiger partial charge on any atom is -0.363 e. The van der Waals surface area contributed by atoms with Crippen molar-refractivity contribution in [3.63, 3.8) is 0 Å². The van der Waals surface area contributed by atoms with Crippen LogP contribution in [0.5, 0.6) is 0 Å². The number of aromatic nitrogens is 2. The molecular formula is C7H8ClN3S. The van der Waals surface area contributed by atoms with E-state index in [-0.39, 0.29) is 6.04 Å². The minimum atomic E-state index is 0.177. The molecule has 12 heavy (non-hydrogen) atoms. The number of rotatable bonds is 3. The zero-order chi connectivity index (χ0) is 8.97. The third kappa shape index (κ3) is 2.36. The number of terminal acetylenes is 1. The van der Waals surface area contributed by atoms with Gasteiger partial charge in [-0.2, -0.15) is 8.75 Å². The summed E-state index contributed by atoms with van der Waals surface area (Å²) in [7, 11) is 0. The van der Waals surface area contributed by atoms with Gasteiger partial charge in [0.25, 0.3) is 0 Å².